The molecule has 3 N–H and O–H groups in total. The van der Waals surface area contributed by atoms with Gasteiger partial charge in [-0.05, 0) is 58.9 Å². The first-order chi connectivity index (χ1) is 22.5. The summed E-state index contributed by atoms with van der Waals surface area (Å²) in [5, 5.41) is 21.2. The number of aliphatic carboxylic acids is 1. The highest BCUT2D eigenvalue weighted by atomic mass is 32.2. The van der Waals surface area contributed by atoms with Crippen LogP contribution in [0.5, 0.6) is 0 Å². The highest BCUT2D eigenvalue weighted by molar-refractivity contribution is 7.99. The Balaban J connectivity index is 1.21. The molecule has 1 amide bonds. The number of aliphatic hydroxyl groups excluding tert-OH is 1. The molecule has 7 nitrogen and oxygen atoms in total. The molecule has 1 aliphatic rings. The zero-order chi connectivity index (χ0) is 32.1. The molecule has 0 bridgehead atoms. The normalized spacial score (nSPS) is 17.8. The first-order valence-electron chi connectivity index (χ1n) is 15.8. The number of ether oxygens (including phenoxy) is 2. The van der Waals surface area contributed by atoms with Gasteiger partial charge in [-0.2, -0.15) is 0 Å². The van der Waals surface area contributed by atoms with E-state index in [-0.39, 0.29) is 31.1 Å². The fourth-order valence-corrected chi connectivity index (χ4v) is 6.39. The van der Waals surface area contributed by atoms with Gasteiger partial charge in [0.25, 0.3) is 0 Å². The van der Waals surface area contributed by atoms with Gasteiger partial charge in [0.1, 0.15) is 0 Å². The van der Waals surface area contributed by atoms with E-state index in [1.165, 1.54) is 4.90 Å². The third-order valence-corrected chi connectivity index (χ3v) is 9.17. The van der Waals surface area contributed by atoms with Crippen LogP contribution in [0.4, 0.5) is 0 Å². The summed E-state index contributed by atoms with van der Waals surface area (Å²) < 4.78 is 13.0. The molecule has 0 aromatic heterocycles. The van der Waals surface area contributed by atoms with E-state index < -0.39 is 12.3 Å². The number of carboxylic acids is 1. The summed E-state index contributed by atoms with van der Waals surface area (Å²) in [6.45, 7) is 0.446. The lowest BCUT2D eigenvalue weighted by Crippen LogP contribution is -2.31. The molecule has 0 saturated carbocycles. The smallest absolute Gasteiger partial charge is 0.303 e. The summed E-state index contributed by atoms with van der Waals surface area (Å²) >= 11 is 1.78. The monoisotopic (exact) mass is 639 g/mol. The molecule has 3 unspecified atom stereocenters. The van der Waals surface area contributed by atoms with Crippen LogP contribution in [0, 0.1) is 0 Å². The number of rotatable bonds is 15. The molecule has 4 aromatic rings. The molecule has 8 heteroatoms. The molecule has 0 spiro atoms. The van der Waals surface area contributed by atoms with E-state index in [1.807, 2.05) is 54.6 Å². The summed E-state index contributed by atoms with van der Waals surface area (Å²) in [6.07, 6.45) is 2.62. The molecule has 0 aliphatic carbocycles. The SMILES string of the molecule is O=C(O)CCCCCC(=O)NCc1cccc(-c2ccc(C3OC(CSc4ccccc4)CC(c4ccc(CO)cc4)O3)cc2)c1. The lowest BCUT2D eigenvalue weighted by molar-refractivity contribution is -0.245. The van der Waals surface area contributed by atoms with Gasteiger partial charge >= 0.3 is 5.97 Å². The minimum atomic E-state index is -0.799. The van der Waals surface area contributed by atoms with Crippen molar-refractivity contribution in [2.24, 2.45) is 0 Å². The quantitative estimate of drug-likeness (QED) is 0.0899. The number of hydrogen-bond acceptors (Lipinski definition) is 6. The standard InChI is InChI=1S/C38H41NO6S/c40-25-27-14-16-30(17-15-27)35-23-33(26-46-34-10-3-1-4-11-34)44-38(45-35)31-20-18-29(19-21-31)32-9-7-8-28(22-32)24-39-36(41)12-5-2-6-13-37(42)43/h1,3-4,7-11,14-22,33,35,38,40H,2,5-6,12-13,23-26H2,(H,39,41)(H,42,43). The average Bonchev–Trinajstić information content (AvgIpc) is 3.10. The van der Waals surface area contributed by atoms with Crippen molar-refractivity contribution >= 4 is 23.6 Å². The summed E-state index contributed by atoms with van der Waals surface area (Å²) in [4.78, 5) is 24.1. The summed E-state index contributed by atoms with van der Waals surface area (Å²) in [5.74, 6) is -0.0193. The molecular weight excluding hydrogens is 598 g/mol. The van der Waals surface area contributed by atoms with E-state index in [9.17, 15) is 14.7 Å². The highest BCUT2D eigenvalue weighted by Gasteiger charge is 2.32. The van der Waals surface area contributed by atoms with E-state index in [0.29, 0.717) is 25.8 Å². The van der Waals surface area contributed by atoms with Gasteiger partial charge in [-0.3, -0.25) is 9.59 Å². The zero-order valence-corrected chi connectivity index (χ0v) is 26.7. The van der Waals surface area contributed by atoms with Gasteiger partial charge in [0.2, 0.25) is 5.91 Å². The number of carbonyl (C=O) groups excluding carboxylic acids is 1. The second-order valence-electron chi connectivity index (χ2n) is 11.5. The number of unbranched alkanes of at least 4 members (excludes halogenated alkanes) is 2. The fraction of sp³-hybridized carbons (Fsp3) is 0.316. The summed E-state index contributed by atoms with van der Waals surface area (Å²) in [7, 11) is 0. The van der Waals surface area contributed by atoms with E-state index in [2.05, 4.69) is 53.8 Å². The number of benzene rings is 4. The first-order valence-corrected chi connectivity index (χ1v) is 16.8. The molecule has 1 heterocycles. The molecule has 240 valence electrons. The second kappa shape index (κ2) is 17.1. The fourth-order valence-electron chi connectivity index (χ4n) is 5.45. The Kier molecular flexibility index (Phi) is 12.4. The number of thioether (sulfide) groups is 1. The van der Waals surface area contributed by atoms with Crippen molar-refractivity contribution < 1.29 is 29.3 Å². The van der Waals surface area contributed by atoms with E-state index in [0.717, 1.165) is 52.0 Å². The van der Waals surface area contributed by atoms with Crippen LogP contribution in [0.3, 0.4) is 0 Å². The number of aliphatic hydroxyl groups is 1. The van der Waals surface area contributed by atoms with Crippen LogP contribution < -0.4 is 5.32 Å². The molecule has 4 aromatic carbocycles. The van der Waals surface area contributed by atoms with Gasteiger partial charge in [-0.15, -0.1) is 11.8 Å². The number of carbonyl (C=O) groups is 2. The van der Waals surface area contributed by atoms with Crippen LogP contribution in [0.15, 0.2) is 108 Å². The van der Waals surface area contributed by atoms with E-state index in [4.69, 9.17) is 14.6 Å². The summed E-state index contributed by atoms with van der Waals surface area (Å²) in [6, 6.07) is 34.7. The highest BCUT2D eigenvalue weighted by Crippen LogP contribution is 2.40. The maximum atomic E-state index is 12.3. The number of carboxylic acid groups (broad SMARTS) is 1. The van der Waals surface area contributed by atoms with Crippen LogP contribution in [0.1, 0.15) is 73.2 Å². The molecule has 0 radical (unpaired) electrons. The molecule has 5 rings (SSSR count). The average molecular weight is 640 g/mol. The topological polar surface area (TPSA) is 105 Å². The molecular formula is C38H41NO6S. The molecule has 46 heavy (non-hydrogen) atoms. The number of amides is 1. The van der Waals surface area contributed by atoms with Crippen molar-refractivity contribution in [3.05, 3.63) is 125 Å². The lowest BCUT2D eigenvalue weighted by atomic mass is 9.99. The van der Waals surface area contributed by atoms with Crippen LogP contribution >= 0.6 is 11.8 Å². The minimum Gasteiger partial charge on any atom is -0.481 e. The van der Waals surface area contributed by atoms with Crippen molar-refractivity contribution in [1.29, 1.82) is 0 Å². The largest absolute Gasteiger partial charge is 0.481 e. The Morgan fingerprint density at radius 3 is 2.24 bits per heavy atom. The van der Waals surface area contributed by atoms with Gasteiger partial charge in [0.05, 0.1) is 18.8 Å². The van der Waals surface area contributed by atoms with Gasteiger partial charge in [-0.1, -0.05) is 91.3 Å². The van der Waals surface area contributed by atoms with Crippen molar-refractivity contribution in [2.45, 2.75) is 75.1 Å². The van der Waals surface area contributed by atoms with E-state index in [1.54, 1.807) is 11.8 Å². The van der Waals surface area contributed by atoms with Crippen molar-refractivity contribution in [2.75, 3.05) is 5.75 Å². The molecule has 1 saturated heterocycles. The van der Waals surface area contributed by atoms with Crippen molar-refractivity contribution in [1.82, 2.24) is 5.32 Å². The molecule has 3 atom stereocenters. The molecule has 1 fully saturated rings. The first kappa shape index (κ1) is 33.4. The van der Waals surface area contributed by atoms with Crippen LogP contribution in [-0.4, -0.2) is 33.9 Å². The second-order valence-corrected chi connectivity index (χ2v) is 12.6. The van der Waals surface area contributed by atoms with Crippen LogP contribution in [0.25, 0.3) is 11.1 Å². The van der Waals surface area contributed by atoms with Gasteiger partial charge in [-0.25, -0.2) is 0 Å². The molecule has 1 aliphatic heterocycles. The maximum absolute atomic E-state index is 12.3. The minimum absolute atomic E-state index is 0.00928. The third-order valence-electron chi connectivity index (χ3n) is 8.02. The van der Waals surface area contributed by atoms with Gasteiger partial charge < -0.3 is 25.0 Å². The van der Waals surface area contributed by atoms with Gasteiger partial charge in [0.15, 0.2) is 6.29 Å². The van der Waals surface area contributed by atoms with Crippen molar-refractivity contribution in [3.63, 3.8) is 0 Å². The van der Waals surface area contributed by atoms with Crippen molar-refractivity contribution in [3.8, 4) is 11.1 Å². The van der Waals surface area contributed by atoms with E-state index >= 15 is 0 Å². The van der Waals surface area contributed by atoms with Crippen LogP contribution in [0.2, 0.25) is 0 Å². The Labute approximate surface area is 275 Å². The lowest BCUT2D eigenvalue weighted by Gasteiger charge is -2.36. The maximum Gasteiger partial charge on any atom is 0.303 e. The predicted octanol–water partition coefficient (Wildman–Crippen LogP) is 7.83. The Bertz CT molecular complexity index is 1540. The zero-order valence-electron chi connectivity index (χ0n) is 25.8. The summed E-state index contributed by atoms with van der Waals surface area (Å²) in [5.41, 5.74) is 6.00. The Morgan fingerprint density at radius 1 is 0.761 bits per heavy atom. The number of nitrogens with one attached hydrogen (secondary N) is 1. The predicted molar refractivity (Wildman–Crippen MR) is 180 cm³/mol. The Morgan fingerprint density at radius 2 is 1.50 bits per heavy atom. The number of hydrogen-bond donors (Lipinski definition) is 3. The third kappa shape index (κ3) is 10.0. The van der Waals surface area contributed by atoms with Crippen LogP contribution in [-0.2, 0) is 32.2 Å². The van der Waals surface area contributed by atoms with Gasteiger partial charge in [0, 0.05) is 42.0 Å². The Hall–Kier alpha value is -3.95.